The topological polar surface area (TPSA) is 18.5 Å². The van der Waals surface area contributed by atoms with Crippen LogP contribution in [0.5, 0.6) is 0 Å². The summed E-state index contributed by atoms with van der Waals surface area (Å²) in [5.41, 5.74) is 0. The first-order valence-corrected chi connectivity index (χ1v) is 5.58. The van der Waals surface area contributed by atoms with Crippen LogP contribution in [-0.4, -0.2) is 23.5 Å². The van der Waals surface area contributed by atoms with Gasteiger partial charge < -0.3 is 9.47 Å². The summed E-state index contributed by atoms with van der Waals surface area (Å²) in [5, 5.41) is 0. The molecule has 0 aliphatic rings. The zero-order chi connectivity index (χ0) is 9.23. The second-order valence-electron chi connectivity index (χ2n) is 2.21. The van der Waals surface area contributed by atoms with Gasteiger partial charge in [0.25, 0.3) is 0 Å². The SMILES string of the molecule is CCCCOC(=S)SCOCC. The molecule has 0 aromatic carbocycles. The number of unbranched alkanes of at least 4 members (excludes halogenated alkanes) is 1. The van der Waals surface area contributed by atoms with Crippen molar-refractivity contribution in [1.82, 2.24) is 0 Å². The molecule has 0 atom stereocenters. The van der Waals surface area contributed by atoms with Crippen LogP contribution in [0.4, 0.5) is 0 Å². The maximum atomic E-state index is 5.24. The molecule has 72 valence electrons. The fourth-order valence-electron chi connectivity index (χ4n) is 0.515. The molecule has 0 bridgehead atoms. The van der Waals surface area contributed by atoms with E-state index in [0.717, 1.165) is 26.1 Å². The van der Waals surface area contributed by atoms with Crippen molar-refractivity contribution >= 4 is 28.4 Å². The number of thiocarbonyl (C=S) groups is 1. The van der Waals surface area contributed by atoms with Gasteiger partial charge in [-0.25, -0.2) is 0 Å². The van der Waals surface area contributed by atoms with Crippen LogP contribution in [0, 0.1) is 0 Å². The van der Waals surface area contributed by atoms with Gasteiger partial charge in [-0.2, -0.15) is 0 Å². The molecule has 0 aliphatic heterocycles. The number of hydrogen-bond acceptors (Lipinski definition) is 4. The fourth-order valence-corrected chi connectivity index (χ4v) is 1.26. The van der Waals surface area contributed by atoms with E-state index >= 15 is 0 Å². The number of ether oxygens (including phenoxy) is 2. The number of thioether (sulfide) groups is 1. The zero-order valence-electron chi connectivity index (χ0n) is 7.67. The first kappa shape index (κ1) is 12.2. The lowest BCUT2D eigenvalue weighted by molar-refractivity contribution is 0.199. The zero-order valence-corrected chi connectivity index (χ0v) is 9.30. The lowest BCUT2D eigenvalue weighted by Gasteiger charge is -2.05. The van der Waals surface area contributed by atoms with Crippen LogP contribution < -0.4 is 0 Å². The van der Waals surface area contributed by atoms with Crippen LogP contribution in [0.3, 0.4) is 0 Å². The molecule has 0 aliphatic carbocycles. The number of hydrogen-bond donors (Lipinski definition) is 0. The lowest BCUT2D eigenvalue weighted by atomic mass is 10.4. The molecule has 0 radical (unpaired) electrons. The Morgan fingerprint density at radius 1 is 1.42 bits per heavy atom. The van der Waals surface area contributed by atoms with Gasteiger partial charge in [-0.05, 0) is 37.3 Å². The first-order chi connectivity index (χ1) is 5.81. The van der Waals surface area contributed by atoms with Gasteiger partial charge in [0, 0.05) is 6.61 Å². The van der Waals surface area contributed by atoms with Gasteiger partial charge in [-0.15, -0.1) is 0 Å². The van der Waals surface area contributed by atoms with Crippen LogP contribution in [0.15, 0.2) is 0 Å². The van der Waals surface area contributed by atoms with E-state index in [9.17, 15) is 0 Å². The molecule has 0 amide bonds. The standard InChI is InChI=1S/C8H16O2S2/c1-3-5-6-10-8(11)12-7-9-4-2/h3-7H2,1-2H3. The Balaban J connectivity index is 3.10. The van der Waals surface area contributed by atoms with Crippen LogP contribution in [0.1, 0.15) is 26.7 Å². The second-order valence-corrected chi connectivity index (χ2v) is 3.73. The summed E-state index contributed by atoms with van der Waals surface area (Å²) >= 11 is 6.38. The Kier molecular flexibility index (Phi) is 9.44. The Morgan fingerprint density at radius 2 is 2.17 bits per heavy atom. The molecule has 2 nitrogen and oxygen atoms in total. The predicted octanol–water partition coefficient (Wildman–Crippen LogP) is 2.82. The summed E-state index contributed by atoms with van der Waals surface area (Å²) < 4.78 is 10.9. The van der Waals surface area contributed by atoms with E-state index in [1.807, 2.05) is 6.92 Å². The molecular formula is C8H16O2S2. The minimum atomic E-state index is 0.594. The van der Waals surface area contributed by atoms with Gasteiger partial charge in [0.05, 0.1) is 6.61 Å². The molecule has 0 N–H and O–H groups in total. The maximum Gasteiger partial charge on any atom is 0.222 e. The van der Waals surface area contributed by atoms with Crippen molar-refractivity contribution in [2.45, 2.75) is 26.7 Å². The van der Waals surface area contributed by atoms with Crippen LogP contribution in [-0.2, 0) is 9.47 Å². The summed E-state index contributed by atoms with van der Waals surface area (Å²) in [5.74, 6) is 0.599. The van der Waals surface area contributed by atoms with Gasteiger partial charge >= 0.3 is 0 Å². The Hall–Kier alpha value is 0.200. The summed E-state index contributed by atoms with van der Waals surface area (Å²) in [4.78, 5) is 0. The van der Waals surface area contributed by atoms with Crippen molar-refractivity contribution in [1.29, 1.82) is 0 Å². The molecule has 0 saturated heterocycles. The summed E-state index contributed by atoms with van der Waals surface area (Å²) in [6.45, 7) is 5.54. The van der Waals surface area contributed by atoms with Crippen molar-refractivity contribution in [3.8, 4) is 0 Å². The molecule has 0 aromatic heterocycles. The second kappa shape index (κ2) is 9.29. The largest absolute Gasteiger partial charge is 0.479 e. The van der Waals surface area contributed by atoms with Crippen molar-refractivity contribution < 1.29 is 9.47 Å². The van der Waals surface area contributed by atoms with Crippen molar-refractivity contribution in [3.63, 3.8) is 0 Å². The summed E-state index contributed by atoms with van der Waals surface area (Å²) in [6, 6.07) is 0. The molecule has 12 heavy (non-hydrogen) atoms. The number of rotatable bonds is 6. The van der Waals surface area contributed by atoms with E-state index in [2.05, 4.69) is 6.92 Å². The molecular weight excluding hydrogens is 192 g/mol. The average Bonchev–Trinajstić information content (AvgIpc) is 2.06. The van der Waals surface area contributed by atoms with Crippen LogP contribution in [0.2, 0.25) is 0 Å². The van der Waals surface area contributed by atoms with Crippen molar-refractivity contribution in [2.75, 3.05) is 19.2 Å². The molecule has 0 fully saturated rings. The van der Waals surface area contributed by atoms with Gasteiger partial charge in [0.15, 0.2) is 0 Å². The van der Waals surface area contributed by atoms with E-state index in [1.54, 1.807) is 0 Å². The third kappa shape index (κ3) is 8.30. The third-order valence-corrected chi connectivity index (χ3v) is 2.29. The first-order valence-electron chi connectivity index (χ1n) is 4.18. The van der Waals surface area contributed by atoms with Crippen molar-refractivity contribution in [2.24, 2.45) is 0 Å². The molecule has 0 rings (SSSR count). The lowest BCUT2D eigenvalue weighted by Crippen LogP contribution is -2.01. The molecule has 0 aromatic rings. The van der Waals surface area contributed by atoms with E-state index in [1.165, 1.54) is 11.8 Å². The van der Waals surface area contributed by atoms with Crippen LogP contribution in [0.25, 0.3) is 0 Å². The molecule has 0 unspecified atom stereocenters. The van der Waals surface area contributed by atoms with Gasteiger partial charge in [-0.3, -0.25) is 0 Å². The predicted molar refractivity (Wildman–Crippen MR) is 57.5 cm³/mol. The smallest absolute Gasteiger partial charge is 0.222 e. The summed E-state index contributed by atoms with van der Waals surface area (Å²) in [6.07, 6.45) is 2.20. The molecule has 0 heterocycles. The maximum absolute atomic E-state index is 5.24. The highest BCUT2D eigenvalue weighted by Gasteiger charge is 1.96. The Morgan fingerprint density at radius 3 is 2.75 bits per heavy atom. The minimum absolute atomic E-state index is 0.594. The third-order valence-electron chi connectivity index (χ3n) is 1.18. The van der Waals surface area contributed by atoms with E-state index in [0.29, 0.717) is 10.3 Å². The van der Waals surface area contributed by atoms with Gasteiger partial charge in [0.2, 0.25) is 4.38 Å². The average molecular weight is 208 g/mol. The monoisotopic (exact) mass is 208 g/mol. The molecule has 0 saturated carbocycles. The normalized spacial score (nSPS) is 9.83. The van der Waals surface area contributed by atoms with Gasteiger partial charge in [0.1, 0.15) is 5.94 Å². The Labute approximate surface area is 84.0 Å². The highest BCUT2D eigenvalue weighted by Crippen LogP contribution is 2.06. The molecule has 0 spiro atoms. The van der Waals surface area contributed by atoms with E-state index < -0.39 is 0 Å². The Bertz CT molecular complexity index is 106. The van der Waals surface area contributed by atoms with Crippen molar-refractivity contribution in [3.05, 3.63) is 0 Å². The molecule has 4 heteroatoms. The van der Waals surface area contributed by atoms with Crippen LogP contribution >= 0.6 is 24.0 Å². The highest BCUT2D eigenvalue weighted by atomic mass is 32.2. The fraction of sp³-hybridized carbons (Fsp3) is 0.875. The van der Waals surface area contributed by atoms with Gasteiger partial charge in [-0.1, -0.05) is 13.3 Å². The quantitative estimate of drug-likeness (QED) is 0.379. The minimum Gasteiger partial charge on any atom is -0.479 e. The van der Waals surface area contributed by atoms with E-state index in [4.69, 9.17) is 21.7 Å². The summed E-state index contributed by atoms with van der Waals surface area (Å²) in [7, 11) is 0. The van der Waals surface area contributed by atoms with E-state index in [-0.39, 0.29) is 0 Å². The highest BCUT2D eigenvalue weighted by molar-refractivity contribution is 8.22.